The van der Waals surface area contributed by atoms with Crippen LogP contribution in [0.1, 0.15) is 23.9 Å². The molecule has 22 heavy (non-hydrogen) atoms. The molecular formula is C17H16BrO3P. The first-order valence-electron chi connectivity index (χ1n) is 6.81. The fourth-order valence-corrected chi connectivity index (χ4v) is 3.68. The minimum atomic E-state index is -3.53. The minimum Gasteiger partial charge on any atom is -0.377 e. The molecule has 2 aromatic rings. The molecule has 3 nitrogen and oxygen atoms in total. The Morgan fingerprint density at radius 1 is 1.18 bits per heavy atom. The van der Waals surface area contributed by atoms with Crippen molar-refractivity contribution in [1.82, 2.24) is 0 Å². The van der Waals surface area contributed by atoms with Crippen molar-refractivity contribution in [2.24, 2.45) is 0 Å². The molecule has 0 aliphatic heterocycles. The number of aliphatic hydroxyl groups is 1. The van der Waals surface area contributed by atoms with Gasteiger partial charge in [0.1, 0.15) is 0 Å². The van der Waals surface area contributed by atoms with Crippen molar-refractivity contribution in [1.29, 1.82) is 0 Å². The lowest BCUT2D eigenvalue weighted by Crippen LogP contribution is -2.01. The predicted octanol–water partition coefficient (Wildman–Crippen LogP) is 4.76. The van der Waals surface area contributed by atoms with Crippen molar-refractivity contribution in [2.45, 2.75) is 12.8 Å². The average Bonchev–Trinajstić information content (AvgIpc) is 2.54. The first-order chi connectivity index (χ1) is 10.5. The summed E-state index contributed by atoms with van der Waals surface area (Å²) in [6.07, 6.45) is 0. The molecular weight excluding hydrogens is 363 g/mol. The minimum absolute atomic E-state index is 0.217. The molecule has 1 N–H and O–H groups in total. The molecule has 0 aliphatic carbocycles. The van der Waals surface area contributed by atoms with Crippen LogP contribution in [0.4, 0.5) is 0 Å². The van der Waals surface area contributed by atoms with Crippen molar-refractivity contribution in [3.05, 3.63) is 70.2 Å². The van der Waals surface area contributed by atoms with Crippen molar-refractivity contribution in [2.75, 3.05) is 6.61 Å². The Morgan fingerprint density at radius 2 is 1.82 bits per heavy atom. The Labute approximate surface area is 138 Å². The molecule has 0 heterocycles. The van der Waals surface area contributed by atoms with Gasteiger partial charge in [0.2, 0.25) is 0 Å². The summed E-state index contributed by atoms with van der Waals surface area (Å²) in [4.78, 5) is 0. The van der Waals surface area contributed by atoms with Gasteiger partial charge in [0.25, 0.3) is 0 Å². The van der Waals surface area contributed by atoms with Gasteiger partial charge in [0.05, 0.1) is 6.61 Å². The molecule has 1 unspecified atom stereocenters. The number of hydrogen-bond acceptors (Lipinski definition) is 3. The second-order valence-corrected chi connectivity index (χ2v) is 7.62. The van der Waals surface area contributed by atoms with Gasteiger partial charge in [-0.05, 0) is 42.4 Å². The van der Waals surface area contributed by atoms with E-state index < -0.39 is 13.2 Å². The van der Waals surface area contributed by atoms with Crippen LogP contribution in [0, 0.1) is 11.6 Å². The van der Waals surface area contributed by atoms with Gasteiger partial charge in [-0.15, -0.1) is 0 Å². The standard InChI is InChI=1S/C17H16BrO3P/c1-2-21-22(20,13-12-14-6-4-3-5-7-14)17(19)15-8-10-16(18)11-9-15/h3-11,17,19H,2H2,1H3/t17?,22-/m0/s1. The molecule has 0 spiro atoms. The summed E-state index contributed by atoms with van der Waals surface area (Å²) in [6, 6.07) is 16.2. The molecule has 114 valence electrons. The summed E-state index contributed by atoms with van der Waals surface area (Å²) in [5, 5.41) is 10.4. The van der Waals surface area contributed by atoms with Gasteiger partial charge < -0.3 is 9.63 Å². The van der Waals surface area contributed by atoms with Crippen LogP contribution >= 0.6 is 23.3 Å². The van der Waals surface area contributed by atoms with Crippen molar-refractivity contribution in [3.63, 3.8) is 0 Å². The zero-order valence-corrected chi connectivity index (χ0v) is 14.5. The molecule has 0 radical (unpaired) electrons. The predicted molar refractivity (Wildman–Crippen MR) is 91.7 cm³/mol. The Balaban J connectivity index is 2.33. The molecule has 2 aromatic carbocycles. The van der Waals surface area contributed by atoms with Crippen LogP contribution in [0.25, 0.3) is 0 Å². The Hall–Kier alpha value is -1.37. The third kappa shape index (κ3) is 4.32. The quantitative estimate of drug-likeness (QED) is 0.615. The molecule has 2 rings (SSSR count). The summed E-state index contributed by atoms with van der Waals surface area (Å²) in [6.45, 7) is 1.94. The van der Waals surface area contributed by atoms with E-state index in [1.54, 1.807) is 31.2 Å². The van der Waals surface area contributed by atoms with Crippen LogP contribution < -0.4 is 0 Å². The summed E-state index contributed by atoms with van der Waals surface area (Å²) in [5.74, 6) is 1.56. The van der Waals surface area contributed by atoms with E-state index in [0.717, 1.165) is 10.0 Å². The second kappa shape index (κ2) is 7.76. The highest BCUT2D eigenvalue weighted by Gasteiger charge is 2.32. The van der Waals surface area contributed by atoms with E-state index in [-0.39, 0.29) is 6.61 Å². The average molecular weight is 379 g/mol. The third-order valence-corrected chi connectivity index (χ3v) is 5.48. The Morgan fingerprint density at radius 3 is 2.41 bits per heavy atom. The van der Waals surface area contributed by atoms with Crippen LogP contribution in [0.15, 0.2) is 59.1 Å². The van der Waals surface area contributed by atoms with E-state index in [1.165, 1.54) is 0 Å². The highest BCUT2D eigenvalue weighted by molar-refractivity contribution is 9.10. The smallest absolute Gasteiger partial charge is 0.306 e. The molecule has 0 bridgehead atoms. The molecule has 0 aromatic heterocycles. The van der Waals surface area contributed by atoms with Gasteiger partial charge in [-0.1, -0.05) is 52.2 Å². The summed E-state index contributed by atoms with van der Waals surface area (Å²) < 4.78 is 19.1. The molecule has 0 saturated carbocycles. The first kappa shape index (κ1) is 17.0. The van der Waals surface area contributed by atoms with Crippen molar-refractivity contribution >= 4 is 23.3 Å². The summed E-state index contributed by atoms with van der Waals surface area (Å²) >= 11 is 3.33. The van der Waals surface area contributed by atoms with E-state index in [9.17, 15) is 9.67 Å². The fraction of sp³-hybridized carbons (Fsp3) is 0.176. The van der Waals surface area contributed by atoms with E-state index >= 15 is 0 Å². The third-order valence-electron chi connectivity index (χ3n) is 2.94. The van der Waals surface area contributed by atoms with Gasteiger partial charge in [-0.3, -0.25) is 4.57 Å². The number of rotatable bonds is 4. The second-order valence-electron chi connectivity index (χ2n) is 4.54. The fourth-order valence-electron chi connectivity index (χ4n) is 1.85. The monoisotopic (exact) mass is 378 g/mol. The number of hydrogen-bond donors (Lipinski definition) is 1. The van der Waals surface area contributed by atoms with Crippen LogP contribution in [0.5, 0.6) is 0 Å². The van der Waals surface area contributed by atoms with E-state index in [0.29, 0.717) is 5.56 Å². The highest BCUT2D eigenvalue weighted by Crippen LogP contribution is 2.57. The zero-order valence-electron chi connectivity index (χ0n) is 12.1. The van der Waals surface area contributed by atoms with Crippen molar-refractivity contribution < 1.29 is 14.2 Å². The maximum Gasteiger partial charge on any atom is 0.306 e. The maximum atomic E-state index is 12.9. The highest BCUT2D eigenvalue weighted by atomic mass is 79.9. The Bertz CT molecular complexity index is 717. The molecule has 2 atom stereocenters. The van der Waals surface area contributed by atoms with Gasteiger partial charge >= 0.3 is 7.37 Å². The van der Waals surface area contributed by atoms with E-state index in [2.05, 4.69) is 27.5 Å². The SMILES string of the molecule is CCO[P@@](=O)(C#Cc1ccccc1)C(O)c1ccc(Br)cc1. The molecule has 5 heteroatoms. The number of aliphatic hydroxyl groups excluding tert-OH is 1. The zero-order chi connectivity index (χ0) is 16.0. The van der Waals surface area contributed by atoms with Gasteiger partial charge in [-0.2, -0.15) is 0 Å². The van der Waals surface area contributed by atoms with Gasteiger partial charge in [0.15, 0.2) is 5.85 Å². The van der Waals surface area contributed by atoms with Crippen LogP contribution in [0.2, 0.25) is 0 Å². The molecule has 0 fully saturated rings. The first-order valence-corrected chi connectivity index (χ1v) is 9.30. The summed E-state index contributed by atoms with van der Waals surface area (Å²) in [7, 11) is -3.53. The van der Waals surface area contributed by atoms with Gasteiger partial charge in [0, 0.05) is 10.0 Å². The number of halogens is 1. The lowest BCUT2D eigenvalue weighted by atomic mass is 10.2. The largest absolute Gasteiger partial charge is 0.377 e. The van der Waals surface area contributed by atoms with E-state index in [1.807, 2.05) is 30.3 Å². The lowest BCUT2D eigenvalue weighted by molar-refractivity contribution is 0.219. The van der Waals surface area contributed by atoms with Crippen LogP contribution in [-0.2, 0) is 9.09 Å². The maximum absolute atomic E-state index is 12.9. The van der Waals surface area contributed by atoms with Crippen molar-refractivity contribution in [3.8, 4) is 11.6 Å². The van der Waals surface area contributed by atoms with Crippen LogP contribution in [-0.4, -0.2) is 11.7 Å². The molecule has 0 amide bonds. The normalized spacial score (nSPS) is 14.5. The molecule has 0 saturated heterocycles. The number of benzene rings is 2. The van der Waals surface area contributed by atoms with Gasteiger partial charge in [-0.25, -0.2) is 0 Å². The summed E-state index contributed by atoms with van der Waals surface area (Å²) in [5.41, 5.74) is 3.89. The Kier molecular flexibility index (Phi) is 5.99. The topological polar surface area (TPSA) is 46.5 Å². The lowest BCUT2D eigenvalue weighted by Gasteiger charge is -2.18. The van der Waals surface area contributed by atoms with Crippen LogP contribution in [0.3, 0.4) is 0 Å². The molecule has 0 aliphatic rings. The van der Waals surface area contributed by atoms with E-state index in [4.69, 9.17) is 4.52 Å².